The Labute approximate surface area is 801 Å². The van der Waals surface area contributed by atoms with Crippen LogP contribution < -0.4 is 10.6 Å². The van der Waals surface area contributed by atoms with Crippen LogP contribution in [0.5, 0.6) is 0 Å². The first-order chi connectivity index (χ1) is 64.9. The van der Waals surface area contributed by atoms with Crippen molar-refractivity contribution in [3.63, 3.8) is 0 Å². The lowest BCUT2D eigenvalue weighted by Gasteiger charge is -2.32. The monoisotopic (exact) mass is 1910 g/mol. The molecule has 750 valence electrons. The van der Waals surface area contributed by atoms with Crippen LogP contribution in [0.4, 0.5) is 0 Å². The maximum absolute atomic E-state index is 13.6. The molecule has 2 amide bonds. The number of amides is 2. The number of ketones is 3. The number of nitrogens with zero attached hydrogens (tertiary/aromatic N) is 5. The lowest BCUT2D eigenvalue weighted by molar-refractivity contribution is -0.147. The molecule has 0 aliphatic rings. The fraction of sp³-hybridized carbons (Fsp3) is 0.505. The molecule has 0 radical (unpaired) electrons. The number of carbonyl (C=O) groups excluding carboxylic acids is 7. The van der Waals surface area contributed by atoms with Crippen molar-refractivity contribution < 1.29 is 122 Å². The average Bonchev–Trinajstić information content (AvgIpc) is 1.66. The van der Waals surface area contributed by atoms with E-state index in [-0.39, 0.29) is 96.3 Å². The van der Waals surface area contributed by atoms with Gasteiger partial charge in [-0.25, -0.2) is 4.79 Å². The zero-order valence-corrected chi connectivity index (χ0v) is 82.6. The van der Waals surface area contributed by atoms with Crippen LogP contribution in [0.1, 0.15) is 144 Å². The highest BCUT2D eigenvalue weighted by Crippen LogP contribution is 2.31. The van der Waals surface area contributed by atoms with E-state index in [1.165, 1.54) is 81.3 Å². The van der Waals surface area contributed by atoms with Gasteiger partial charge < -0.3 is 114 Å². The van der Waals surface area contributed by atoms with E-state index in [2.05, 4.69) is 47.3 Å². The number of oxime groups is 4. The molecule has 34 heteroatoms. The summed E-state index contributed by atoms with van der Waals surface area (Å²) in [5, 5.41) is 107. The molecule has 0 spiro atoms. The molecule has 6 aromatic carbocycles. The number of benzene rings is 6. The molecule has 3 heterocycles. The van der Waals surface area contributed by atoms with Crippen LogP contribution in [0.3, 0.4) is 0 Å². The number of rotatable bonds is 49. The summed E-state index contributed by atoms with van der Waals surface area (Å²) < 4.78 is 33.6. The number of methoxy groups -OCH3 is 6. The third-order valence-electron chi connectivity index (χ3n) is 22.6. The molecule has 12 N–H and O–H groups in total. The van der Waals surface area contributed by atoms with E-state index in [9.17, 15) is 74.4 Å². The molecule has 0 saturated carbocycles. The number of H-pyrrole nitrogens is 2. The molecule has 0 saturated heterocycles. The number of carbonyl (C=O) groups is 7. The van der Waals surface area contributed by atoms with Gasteiger partial charge in [0.25, 0.3) is 5.91 Å². The van der Waals surface area contributed by atoms with E-state index >= 15 is 0 Å². The van der Waals surface area contributed by atoms with Crippen molar-refractivity contribution in [3.8, 4) is 0 Å². The predicted octanol–water partition coefficient (Wildman–Crippen LogP) is 10.5. The first kappa shape index (κ1) is 114. The molecule has 0 fully saturated rings. The van der Waals surface area contributed by atoms with Gasteiger partial charge in [0.2, 0.25) is 5.91 Å². The lowest BCUT2D eigenvalue weighted by atomic mass is 9.83. The molecule has 0 bridgehead atoms. The van der Waals surface area contributed by atoms with Crippen molar-refractivity contribution in [1.82, 2.24) is 25.2 Å². The number of nitrogens with one attached hydrogen (secondary N) is 4. The summed E-state index contributed by atoms with van der Waals surface area (Å²) in [4.78, 5) is 116. The number of fused-ring (bicyclic) bond motifs is 4. The maximum atomic E-state index is 13.6. The number of aliphatic hydroxyl groups excluding tert-OH is 8. The molecule has 9 aromatic rings. The Morgan fingerprint density at radius 1 is 0.423 bits per heavy atom. The lowest BCUT2D eigenvalue weighted by Crippen LogP contribution is -2.53. The number of hydrogen-bond acceptors (Lipinski definition) is 29. The molecule has 15 atom stereocenters. The molecule has 9 rings (SSSR count). The van der Waals surface area contributed by atoms with E-state index in [1.54, 1.807) is 6.20 Å². The number of ether oxygens (including phenoxy) is 6. The molecular formula is C103H143N9O25. The van der Waals surface area contributed by atoms with E-state index in [0.717, 1.165) is 66.8 Å². The highest BCUT2D eigenvalue weighted by molar-refractivity contribution is 5.97. The minimum absolute atomic E-state index is 0.0163. The van der Waals surface area contributed by atoms with Gasteiger partial charge >= 0.3 is 11.9 Å². The van der Waals surface area contributed by atoms with Crippen LogP contribution >= 0.6 is 0 Å². The van der Waals surface area contributed by atoms with Crippen molar-refractivity contribution in [1.29, 1.82) is 0 Å². The number of para-hydroxylation sites is 3. The van der Waals surface area contributed by atoms with E-state index in [4.69, 9.17) is 47.8 Å². The van der Waals surface area contributed by atoms with Crippen LogP contribution in [0, 0.1) is 28.6 Å². The van der Waals surface area contributed by atoms with Gasteiger partial charge in [0.05, 0.1) is 44.6 Å². The number of aromatic nitrogens is 3. The van der Waals surface area contributed by atoms with Crippen molar-refractivity contribution >= 4 is 107 Å². The summed E-state index contributed by atoms with van der Waals surface area (Å²) in [6.45, 7) is 23.3. The van der Waals surface area contributed by atoms with Crippen LogP contribution in [0.25, 0.3) is 43.5 Å². The molecule has 34 nitrogen and oxygen atoms in total. The van der Waals surface area contributed by atoms with Gasteiger partial charge in [-0.2, -0.15) is 0 Å². The number of aryl methyl sites for hydroxylation is 2. The Bertz CT molecular complexity index is 5410. The van der Waals surface area contributed by atoms with Gasteiger partial charge in [-0.05, 0) is 126 Å². The van der Waals surface area contributed by atoms with Gasteiger partial charge in [-0.3, -0.25) is 28.8 Å². The Balaban J connectivity index is 0.000000285. The van der Waals surface area contributed by atoms with E-state index in [1.807, 2.05) is 233 Å². The minimum atomic E-state index is -1.38. The van der Waals surface area contributed by atoms with Crippen LogP contribution in [0.15, 0.2) is 185 Å². The second-order valence-corrected chi connectivity index (χ2v) is 36.7. The molecule has 0 aliphatic heterocycles. The van der Waals surface area contributed by atoms with Crippen molar-refractivity contribution in [2.24, 2.45) is 56.3 Å². The van der Waals surface area contributed by atoms with Crippen LogP contribution in [0.2, 0.25) is 0 Å². The highest BCUT2D eigenvalue weighted by Gasteiger charge is 2.39. The predicted molar refractivity (Wildman–Crippen MR) is 525 cm³/mol. The van der Waals surface area contributed by atoms with Gasteiger partial charge in [-0.15, -0.1) is 0 Å². The molecule has 137 heavy (non-hydrogen) atoms. The summed E-state index contributed by atoms with van der Waals surface area (Å²) in [5.41, 5.74) is 7.24. The molecular weight excluding hydrogens is 1760 g/mol. The summed E-state index contributed by atoms with van der Waals surface area (Å²) in [6, 6.07) is 44.4. The third-order valence-corrected chi connectivity index (χ3v) is 22.6. The smallest absolute Gasteiger partial charge is 0.328 e. The fourth-order valence-electron chi connectivity index (χ4n) is 15.6. The van der Waals surface area contributed by atoms with Crippen molar-refractivity contribution in [3.05, 3.63) is 192 Å². The number of hydrogen-bond donors (Lipinski definition) is 12. The second-order valence-electron chi connectivity index (χ2n) is 36.7. The summed E-state index contributed by atoms with van der Waals surface area (Å²) >= 11 is 0. The fourth-order valence-corrected chi connectivity index (χ4v) is 15.6. The quantitative estimate of drug-likeness (QED) is 0.00957. The van der Waals surface area contributed by atoms with Crippen molar-refractivity contribution in [2.75, 3.05) is 69.1 Å². The maximum Gasteiger partial charge on any atom is 0.328 e. The Morgan fingerprint density at radius 2 is 0.861 bits per heavy atom. The minimum Gasteiger partial charge on any atom is -0.469 e. The van der Waals surface area contributed by atoms with Gasteiger partial charge in [0, 0.05) is 119 Å². The van der Waals surface area contributed by atoms with Gasteiger partial charge in [0.15, 0.2) is 43.8 Å². The van der Waals surface area contributed by atoms with Crippen LogP contribution in [-0.4, -0.2) is 274 Å². The highest BCUT2D eigenvalue weighted by atomic mass is 16.6. The first-order valence-corrected chi connectivity index (χ1v) is 45.7. The zero-order valence-electron chi connectivity index (χ0n) is 82.6. The molecule has 0 unspecified atom stereocenters. The summed E-state index contributed by atoms with van der Waals surface area (Å²) in [5.74, 6) is -3.72. The van der Waals surface area contributed by atoms with Crippen LogP contribution in [-0.2, 0) is 120 Å². The topological polar surface area (TPSA) is 484 Å². The number of Topliss-reactive ketones (excluding diaryl/α,β-unsaturated/α-hetero) is 3. The average molecular weight is 1910 g/mol. The SMILES string of the molecule is COC(=O)[C@@H](CC(=O)CO/N=C(\[C@@H](O)[C@@H](C)O)[C@@H](OC)C(C)(C)C)Cc1cn(C)c2ccccc12.COC(=O)[C@H](Cc1ccccc1)NC(=O)[C@H](Cc1c[nH]c2ccccc12)NC(=O)CO/N=C(/[C@@H](OC)C(C)C)[C@@H](O)[C@@H](C)O.CO[C@H](/C(=N/OCC(=O)CCCc1c[nH]c2ccccc12)[C@@H](O)[C@@H](C)O)C(C)C.CO[C@H](/C(=N/OCC(=O)Cc1ccc2ccccc2c1)[C@@H](O)[C@@H](C)O)C(C)(C)C. The van der Waals surface area contributed by atoms with Gasteiger partial charge in [-0.1, -0.05) is 217 Å². The summed E-state index contributed by atoms with van der Waals surface area (Å²) in [7, 11) is 10.4. The standard InChI is InChI=1S/C32H42N4O8.C26H38N2O7.C23H31NO5.C22H32N2O5/c1-19(2)30(42-4)28(29(39)20(3)37)36-44-18-27(38)34-25(16-22-17-33-24-14-10-9-13-23(22)24)31(40)35-26(32(41)43-5)15-21-11-7-6-8-12-21;1-16(29)23(31)22(24(33-6)26(2,3)4)27-35-15-19(30)13-17(25(32)34-7)12-18-14-28(5)21-11-9-8-10-20(18)21;1-15(25)21(27)20(22(28-5)23(2,3)4)24-29-14-19(26)13-16-10-11-17-8-6-7-9-18(17)12-16;1-14(2)22(28-4)20(21(27)15(3)25)24-29-13-17(26)9-7-8-16-12-23-19-11-6-5-10-18(16)19/h6-14,17,19-20,25-26,29-30,33,37,39H,15-16,18H2,1-5H3,(H,34,38)(H,35,40);8-11,14,16-17,23-24,29,31H,12-13,15H2,1-7H3;6-12,15,21-22,25,27H,13-14H2,1-5H3;5-6,10-12,14-15,21-23,25,27H,7-9,13H2,1-4H3/b36-28+;27-22+;2*24-20+/t20-,25+,26+,29+,30+;16-,17-,23+,24-;15-,21+,22-;15-,21+,22+/m1111/s1. The Hall–Kier alpha value is -11.5. The number of aliphatic hydroxyl groups is 8. The zero-order chi connectivity index (χ0) is 102. The second kappa shape index (κ2) is 56.4. The van der Waals surface area contributed by atoms with E-state index < -0.39 is 134 Å². The Morgan fingerprint density at radius 3 is 1.35 bits per heavy atom. The molecule has 3 aromatic heterocycles. The van der Waals surface area contributed by atoms with E-state index in [0.29, 0.717) is 19.3 Å². The number of aromatic amines is 2. The summed E-state index contributed by atoms with van der Waals surface area (Å²) in [6.07, 6.45) is -3.63. The third kappa shape index (κ3) is 35.5. The van der Waals surface area contributed by atoms with Crippen molar-refractivity contribution in [2.45, 2.75) is 234 Å². The van der Waals surface area contributed by atoms with Gasteiger partial charge in [0.1, 0.15) is 83.8 Å². The first-order valence-electron chi connectivity index (χ1n) is 45.7. The largest absolute Gasteiger partial charge is 0.469 e. The number of esters is 2. The Kier molecular flexibility index (Phi) is 47.0. The molecule has 0 aliphatic carbocycles. The normalized spacial score (nSPS) is 15.6.